The Morgan fingerprint density at radius 3 is 3.00 bits per heavy atom. The van der Waals surface area contributed by atoms with Crippen molar-refractivity contribution < 1.29 is 14.6 Å². The molecule has 0 saturated heterocycles. The Morgan fingerprint density at radius 2 is 2.25 bits per heavy atom. The summed E-state index contributed by atoms with van der Waals surface area (Å²) in [5, 5.41) is 10.7. The van der Waals surface area contributed by atoms with E-state index in [-0.39, 0.29) is 17.9 Å². The Labute approximate surface area is 92.5 Å². The van der Waals surface area contributed by atoms with Gasteiger partial charge in [0.25, 0.3) is 0 Å². The van der Waals surface area contributed by atoms with Gasteiger partial charge in [-0.25, -0.2) is 4.79 Å². The summed E-state index contributed by atoms with van der Waals surface area (Å²) >= 11 is 0. The van der Waals surface area contributed by atoms with Crippen LogP contribution in [-0.4, -0.2) is 22.7 Å². The molecule has 16 heavy (non-hydrogen) atoms. The van der Waals surface area contributed by atoms with Crippen molar-refractivity contribution in [3.8, 4) is 5.75 Å². The number of rotatable bonds is 2. The average molecular weight is 217 g/mol. The fourth-order valence-corrected chi connectivity index (χ4v) is 1.50. The lowest BCUT2D eigenvalue weighted by atomic mass is 10.1. The molecule has 0 fully saturated rings. The first-order chi connectivity index (χ1) is 7.74. The lowest BCUT2D eigenvalue weighted by molar-refractivity contribution is 0.0523. The van der Waals surface area contributed by atoms with Crippen LogP contribution < -0.4 is 0 Å². The Balaban J connectivity index is 2.56. The molecule has 82 valence electrons. The van der Waals surface area contributed by atoms with Crippen LogP contribution in [-0.2, 0) is 4.74 Å². The van der Waals surface area contributed by atoms with Gasteiger partial charge in [0.1, 0.15) is 11.1 Å². The van der Waals surface area contributed by atoms with E-state index in [0.29, 0.717) is 5.52 Å². The van der Waals surface area contributed by atoms with Gasteiger partial charge < -0.3 is 9.84 Å². The second-order valence-electron chi connectivity index (χ2n) is 3.26. The van der Waals surface area contributed by atoms with Crippen LogP contribution in [0.25, 0.3) is 10.9 Å². The number of ether oxygens (including phenoxy) is 1. The summed E-state index contributed by atoms with van der Waals surface area (Å²) in [5.74, 6) is -0.663. The lowest BCUT2D eigenvalue weighted by Crippen LogP contribution is -2.05. The third-order valence-corrected chi connectivity index (χ3v) is 2.24. The summed E-state index contributed by atoms with van der Waals surface area (Å²) in [7, 11) is 0. The van der Waals surface area contributed by atoms with Gasteiger partial charge in [-0.2, -0.15) is 0 Å². The van der Waals surface area contributed by atoms with Crippen LogP contribution in [0.15, 0.2) is 30.5 Å². The molecule has 0 aliphatic rings. The van der Waals surface area contributed by atoms with Crippen LogP contribution in [0.4, 0.5) is 0 Å². The van der Waals surface area contributed by atoms with Crippen molar-refractivity contribution in [3.05, 3.63) is 36.0 Å². The fourth-order valence-electron chi connectivity index (χ4n) is 1.50. The number of pyridine rings is 1. The predicted octanol–water partition coefficient (Wildman–Crippen LogP) is 2.12. The lowest BCUT2D eigenvalue weighted by Gasteiger charge is -2.06. The summed E-state index contributed by atoms with van der Waals surface area (Å²) in [6, 6.07) is 6.86. The Bertz CT molecular complexity index is 537. The number of aromatic hydroxyl groups is 1. The first kappa shape index (κ1) is 10.4. The Morgan fingerprint density at radius 1 is 1.44 bits per heavy atom. The number of carbonyl (C=O) groups excluding carboxylic acids is 1. The normalized spacial score (nSPS) is 10.3. The van der Waals surface area contributed by atoms with Crippen LogP contribution in [0, 0.1) is 0 Å². The van der Waals surface area contributed by atoms with E-state index in [1.807, 2.05) is 6.07 Å². The molecule has 1 heterocycles. The van der Waals surface area contributed by atoms with Crippen molar-refractivity contribution in [1.82, 2.24) is 4.98 Å². The molecular weight excluding hydrogens is 206 g/mol. The third-order valence-electron chi connectivity index (χ3n) is 2.24. The largest absolute Gasteiger partial charge is 0.505 e. The highest BCUT2D eigenvalue weighted by molar-refractivity contribution is 5.99. The zero-order chi connectivity index (χ0) is 11.5. The maximum absolute atomic E-state index is 11.5. The number of carbonyl (C=O) groups is 1. The zero-order valence-electron chi connectivity index (χ0n) is 8.80. The highest BCUT2D eigenvalue weighted by Gasteiger charge is 2.14. The summed E-state index contributed by atoms with van der Waals surface area (Å²) in [6.45, 7) is 1.99. The van der Waals surface area contributed by atoms with Crippen molar-refractivity contribution >= 4 is 16.9 Å². The molecule has 2 rings (SSSR count). The number of esters is 1. The number of hydrogen-bond acceptors (Lipinski definition) is 4. The fraction of sp³-hybridized carbons (Fsp3) is 0.167. The molecule has 0 aliphatic carbocycles. The highest BCUT2D eigenvalue weighted by Crippen LogP contribution is 2.27. The SMILES string of the molecule is CCOC(=O)c1ccc2cccnc2c1O. The number of nitrogens with zero attached hydrogens (tertiary/aromatic N) is 1. The number of phenols is 1. The van der Waals surface area contributed by atoms with Gasteiger partial charge in [-0.15, -0.1) is 0 Å². The standard InChI is InChI=1S/C12H11NO3/c1-2-16-12(15)9-6-5-8-4-3-7-13-10(8)11(9)14/h3-7,14H,2H2,1H3. The molecule has 0 bridgehead atoms. The van der Waals surface area contributed by atoms with E-state index in [1.165, 1.54) is 6.07 Å². The zero-order valence-corrected chi connectivity index (χ0v) is 8.80. The van der Waals surface area contributed by atoms with Gasteiger partial charge in [0, 0.05) is 11.6 Å². The summed E-state index contributed by atoms with van der Waals surface area (Å²) in [4.78, 5) is 15.5. The van der Waals surface area contributed by atoms with Gasteiger partial charge in [0.2, 0.25) is 0 Å². The maximum Gasteiger partial charge on any atom is 0.341 e. The monoisotopic (exact) mass is 217 g/mol. The number of aromatic nitrogens is 1. The Hall–Kier alpha value is -2.10. The van der Waals surface area contributed by atoms with Gasteiger partial charge in [-0.1, -0.05) is 12.1 Å². The van der Waals surface area contributed by atoms with Crippen LogP contribution in [0.5, 0.6) is 5.75 Å². The van der Waals surface area contributed by atoms with E-state index in [0.717, 1.165) is 5.39 Å². The highest BCUT2D eigenvalue weighted by atomic mass is 16.5. The first-order valence-electron chi connectivity index (χ1n) is 4.98. The number of hydrogen-bond donors (Lipinski definition) is 1. The Kier molecular flexibility index (Phi) is 2.72. The quantitative estimate of drug-likeness (QED) is 0.783. The van der Waals surface area contributed by atoms with Crippen LogP contribution in [0.1, 0.15) is 17.3 Å². The molecule has 0 spiro atoms. The second kappa shape index (κ2) is 4.18. The summed E-state index contributed by atoms with van der Waals surface area (Å²) in [5.41, 5.74) is 0.557. The van der Waals surface area contributed by atoms with Gasteiger partial charge in [-0.05, 0) is 19.1 Å². The van der Waals surface area contributed by atoms with Crippen LogP contribution in [0.2, 0.25) is 0 Å². The van der Waals surface area contributed by atoms with Crippen molar-refractivity contribution in [1.29, 1.82) is 0 Å². The predicted molar refractivity (Wildman–Crippen MR) is 59.4 cm³/mol. The van der Waals surface area contributed by atoms with Gasteiger partial charge >= 0.3 is 5.97 Å². The number of phenolic OH excluding ortho intramolecular Hbond substituents is 1. The molecule has 0 saturated carbocycles. The van der Waals surface area contributed by atoms with Crippen LogP contribution in [0.3, 0.4) is 0 Å². The van der Waals surface area contributed by atoms with Crippen LogP contribution >= 0.6 is 0 Å². The number of benzene rings is 1. The molecule has 0 atom stereocenters. The molecule has 4 heteroatoms. The van der Waals surface area contributed by atoms with Crippen molar-refractivity contribution in [2.45, 2.75) is 6.92 Å². The minimum Gasteiger partial charge on any atom is -0.505 e. The average Bonchev–Trinajstić information content (AvgIpc) is 2.30. The molecule has 0 unspecified atom stereocenters. The second-order valence-corrected chi connectivity index (χ2v) is 3.26. The van der Waals surface area contributed by atoms with E-state index in [2.05, 4.69) is 4.98 Å². The van der Waals surface area contributed by atoms with Crippen molar-refractivity contribution in [2.24, 2.45) is 0 Å². The molecule has 2 aromatic rings. The number of fused-ring (bicyclic) bond motifs is 1. The van der Waals surface area contributed by atoms with E-state index in [9.17, 15) is 9.90 Å². The summed E-state index contributed by atoms with van der Waals surface area (Å²) < 4.78 is 4.83. The molecular formula is C12H11NO3. The molecule has 1 N–H and O–H groups in total. The summed E-state index contributed by atoms with van der Waals surface area (Å²) in [6.07, 6.45) is 1.57. The molecule has 1 aromatic carbocycles. The molecule has 4 nitrogen and oxygen atoms in total. The minimum absolute atomic E-state index is 0.128. The van der Waals surface area contributed by atoms with Gasteiger partial charge in [0.15, 0.2) is 5.75 Å². The maximum atomic E-state index is 11.5. The van der Waals surface area contributed by atoms with Gasteiger partial charge in [0.05, 0.1) is 6.61 Å². The van der Waals surface area contributed by atoms with E-state index in [1.54, 1.807) is 25.3 Å². The van der Waals surface area contributed by atoms with Gasteiger partial charge in [-0.3, -0.25) is 4.98 Å². The molecule has 0 aliphatic heterocycles. The third kappa shape index (κ3) is 1.69. The smallest absolute Gasteiger partial charge is 0.341 e. The molecule has 0 radical (unpaired) electrons. The van der Waals surface area contributed by atoms with E-state index < -0.39 is 5.97 Å². The molecule has 0 amide bonds. The van der Waals surface area contributed by atoms with Crippen molar-refractivity contribution in [2.75, 3.05) is 6.61 Å². The first-order valence-corrected chi connectivity index (χ1v) is 4.98. The minimum atomic E-state index is -0.535. The molecule has 1 aromatic heterocycles. The topological polar surface area (TPSA) is 59.4 Å². The van der Waals surface area contributed by atoms with Crippen molar-refractivity contribution in [3.63, 3.8) is 0 Å². The van der Waals surface area contributed by atoms with E-state index in [4.69, 9.17) is 4.74 Å². The van der Waals surface area contributed by atoms with E-state index >= 15 is 0 Å².